The number of hydrogen-bond donors (Lipinski definition) is 2. The fraction of sp³-hybridized carbons (Fsp3) is 0.567. The number of carbonyl (C=O) groups excluding carboxylic acids is 2. The van der Waals surface area contributed by atoms with E-state index in [4.69, 9.17) is 4.74 Å². The molecule has 0 aliphatic carbocycles. The van der Waals surface area contributed by atoms with Gasteiger partial charge in [-0.05, 0) is 37.1 Å². The molecule has 2 aromatic rings. The minimum atomic E-state index is -0.990. The van der Waals surface area contributed by atoms with Gasteiger partial charge in [-0.3, -0.25) is 19.5 Å². The molecule has 9 nitrogen and oxygen atoms in total. The summed E-state index contributed by atoms with van der Waals surface area (Å²) < 4.78 is 19.0. The van der Waals surface area contributed by atoms with Crippen LogP contribution in [0.1, 0.15) is 57.0 Å². The van der Waals surface area contributed by atoms with Crippen LogP contribution in [-0.4, -0.2) is 95.8 Å². The predicted octanol–water partition coefficient (Wildman–Crippen LogP) is 3.07. The van der Waals surface area contributed by atoms with Gasteiger partial charge in [0.1, 0.15) is 18.5 Å². The molecular formula is C30H42Cl2FN5O4. The molecule has 4 heterocycles. The summed E-state index contributed by atoms with van der Waals surface area (Å²) in [5.41, 5.74) is 2.26. The van der Waals surface area contributed by atoms with Gasteiger partial charge in [0, 0.05) is 62.0 Å². The number of fused-ring (bicyclic) bond motifs is 1. The quantitative estimate of drug-likeness (QED) is 0.488. The number of anilines is 1. The van der Waals surface area contributed by atoms with Crippen molar-refractivity contribution in [3.63, 3.8) is 0 Å². The number of morpholine rings is 1. The van der Waals surface area contributed by atoms with Crippen molar-refractivity contribution in [3.8, 4) is 0 Å². The monoisotopic (exact) mass is 625 g/mol. The summed E-state index contributed by atoms with van der Waals surface area (Å²) >= 11 is 0. The number of piperazine rings is 1. The third kappa shape index (κ3) is 7.23. The molecule has 3 aliphatic rings. The number of ether oxygens (including phenoxy) is 1. The number of aliphatic hydroxyl groups excluding tert-OH is 1. The Morgan fingerprint density at radius 2 is 1.93 bits per heavy atom. The molecule has 1 aromatic heterocycles. The van der Waals surface area contributed by atoms with E-state index < -0.39 is 6.10 Å². The van der Waals surface area contributed by atoms with Crippen LogP contribution in [0.15, 0.2) is 36.5 Å². The number of amides is 2. The normalized spacial score (nSPS) is 24.4. The second kappa shape index (κ2) is 14.0. The Kier molecular flexibility index (Phi) is 11.4. The highest BCUT2D eigenvalue weighted by Crippen LogP contribution is 2.40. The summed E-state index contributed by atoms with van der Waals surface area (Å²) in [7, 11) is 0. The number of nitrogens with one attached hydrogen (secondary N) is 1. The van der Waals surface area contributed by atoms with Gasteiger partial charge in [0.15, 0.2) is 0 Å². The first-order valence-electron chi connectivity index (χ1n) is 14.2. The van der Waals surface area contributed by atoms with Crippen molar-refractivity contribution >= 4 is 42.3 Å². The molecule has 2 fully saturated rings. The van der Waals surface area contributed by atoms with Gasteiger partial charge in [-0.2, -0.15) is 0 Å². The van der Waals surface area contributed by atoms with Crippen molar-refractivity contribution < 1.29 is 23.8 Å². The van der Waals surface area contributed by atoms with Gasteiger partial charge >= 0.3 is 0 Å². The second-order valence-electron chi connectivity index (χ2n) is 12.0. The van der Waals surface area contributed by atoms with Crippen LogP contribution in [-0.2, 0) is 19.7 Å². The number of pyridine rings is 1. The maximum atomic E-state index is 13.9. The number of aliphatic hydroxyl groups is 1. The third-order valence-corrected chi connectivity index (χ3v) is 8.35. The van der Waals surface area contributed by atoms with E-state index in [0.717, 1.165) is 12.1 Å². The number of rotatable bonds is 7. The number of nitrogens with zero attached hydrogens (tertiary/aromatic N) is 4. The average Bonchev–Trinajstić information content (AvgIpc) is 3.21. The Labute approximate surface area is 259 Å². The van der Waals surface area contributed by atoms with E-state index >= 15 is 0 Å². The van der Waals surface area contributed by atoms with Crippen molar-refractivity contribution in [1.29, 1.82) is 0 Å². The van der Waals surface area contributed by atoms with E-state index in [9.17, 15) is 19.1 Å². The molecule has 2 saturated heterocycles. The van der Waals surface area contributed by atoms with Crippen molar-refractivity contribution in [2.45, 2.75) is 63.8 Å². The summed E-state index contributed by atoms with van der Waals surface area (Å²) in [6.07, 6.45) is 1.54. The minimum absolute atomic E-state index is 0. The summed E-state index contributed by atoms with van der Waals surface area (Å²) in [4.78, 5) is 37.0. The van der Waals surface area contributed by atoms with Crippen molar-refractivity contribution in [2.75, 3.05) is 50.8 Å². The van der Waals surface area contributed by atoms with E-state index in [-0.39, 0.29) is 79.2 Å². The molecule has 2 N–H and O–H groups in total. The van der Waals surface area contributed by atoms with Gasteiger partial charge in [-0.15, -0.1) is 24.8 Å². The summed E-state index contributed by atoms with van der Waals surface area (Å²) in [6, 6.07) is 7.78. The van der Waals surface area contributed by atoms with Gasteiger partial charge in [0.25, 0.3) is 0 Å². The topological polar surface area (TPSA) is 98.2 Å². The average molecular weight is 627 g/mol. The van der Waals surface area contributed by atoms with Crippen molar-refractivity contribution in [2.24, 2.45) is 0 Å². The van der Waals surface area contributed by atoms with Crippen LogP contribution in [0.5, 0.6) is 0 Å². The highest BCUT2D eigenvalue weighted by molar-refractivity contribution is 5.97. The molecule has 42 heavy (non-hydrogen) atoms. The molecule has 12 heteroatoms. The molecule has 232 valence electrons. The summed E-state index contributed by atoms with van der Waals surface area (Å²) in [5, 5.41) is 14.5. The molecule has 0 spiro atoms. The molecule has 5 rings (SSSR count). The SMILES string of the molecule is CCC1CN(CC2CNC(C)CN2CC(=O)N2CC(C)(C)c3ncc(C(O)c4ccc(F)cc4)cc32)C(=O)CO1.Cl.Cl. The number of carbonyl (C=O) groups is 2. The first-order valence-corrected chi connectivity index (χ1v) is 14.2. The van der Waals surface area contributed by atoms with E-state index in [2.05, 4.69) is 42.9 Å². The van der Waals surface area contributed by atoms with E-state index in [1.807, 2.05) is 11.0 Å². The Morgan fingerprint density at radius 1 is 1.21 bits per heavy atom. The molecule has 4 unspecified atom stereocenters. The van der Waals surface area contributed by atoms with Gasteiger partial charge in [-0.25, -0.2) is 4.39 Å². The smallest absolute Gasteiger partial charge is 0.248 e. The Hall–Kier alpha value is -2.34. The Morgan fingerprint density at radius 3 is 2.62 bits per heavy atom. The fourth-order valence-electron chi connectivity index (χ4n) is 5.98. The second-order valence-corrected chi connectivity index (χ2v) is 12.0. The van der Waals surface area contributed by atoms with E-state index in [1.165, 1.54) is 12.1 Å². The molecule has 3 aliphatic heterocycles. The zero-order valence-electron chi connectivity index (χ0n) is 24.6. The van der Waals surface area contributed by atoms with Crippen LogP contribution in [0.2, 0.25) is 0 Å². The van der Waals surface area contributed by atoms with Gasteiger partial charge < -0.3 is 25.0 Å². The Bertz CT molecular complexity index is 1250. The highest BCUT2D eigenvalue weighted by atomic mass is 35.5. The lowest BCUT2D eigenvalue weighted by molar-refractivity contribution is -0.150. The lowest BCUT2D eigenvalue weighted by Gasteiger charge is -2.43. The van der Waals surface area contributed by atoms with Crippen LogP contribution >= 0.6 is 24.8 Å². The van der Waals surface area contributed by atoms with Gasteiger partial charge in [0.05, 0.1) is 24.0 Å². The third-order valence-electron chi connectivity index (χ3n) is 8.35. The first-order chi connectivity index (χ1) is 19.1. The minimum Gasteiger partial charge on any atom is -0.384 e. The van der Waals surface area contributed by atoms with Gasteiger partial charge in [0.2, 0.25) is 11.8 Å². The maximum absolute atomic E-state index is 13.9. The van der Waals surface area contributed by atoms with Gasteiger partial charge in [-0.1, -0.05) is 32.9 Å². The molecule has 0 radical (unpaired) electrons. The maximum Gasteiger partial charge on any atom is 0.248 e. The van der Waals surface area contributed by atoms with E-state index in [1.54, 1.807) is 23.2 Å². The van der Waals surface area contributed by atoms with Crippen LogP contribution in [0.25, 0.3) is 0 Å². The van der Waals surface area contributed by atoms with Crippen LogP contribution in [0.4, 0.5) is 10.1 Å². The molecule has 1 aromatic carbocycles. The zero-order chi connectivity index (χ0) is 28.6. The predicted molar refractivity (Wildman–Crippen MR) is 164 cm³/mol. The van der Waals surface area contributed by atoms with Crippen molar-refractivity contribution in [3.05, 3.63) is 59.2 Å². The number of aromatic nitrogens is 1. The lowest BCUT2D eigenvalue weighted by Crippen LogP contribution is -2.62. The zero-order valence-corrected chi connectivity index (χ0v) is 26.2. The largest absolute Gasteiger partial charge is 0.384 e. The molecular weight excluding hydrogens is 584 g/mol. The molecule has 0 saturated carbocycles. The molecule has 0 bridgehead atoms. The molecule has 4 atom stereocenters. The fourth-order valence-corrected chi connectivity index (χ4v) is 5.98. The Balaban J connectivity index is 0.00000242. The molecule has 2 amide bonds. The number of benzene rings is 1. The van der Waals surface area contributed by atoms with E-state index in [0.29, 0.717) is 49.5 Å². The summed E-state index contributed by atoms with van der Waals surface area (Å²) in [6.45, 7) is 11.6. The highest BCUT2D eigenvalue weighted by Gasteiger charge is 2.41. The van der Waals surface area contributed by atoms with Crippen molar-refractivity contribution in [1.82, 2.24) is 20.1 Å². The van der Waals surface area contributed by atoms with Crippen LogP contribution < -0.4 is 10.2 Å². The first kappa shape index (κ1) is 34.2. The summed E-state index contributed by atoms with van der Waals surface area (Å²) in [5.74, 6) is -0.422. The number of hydrogen-bond acceptors (Lipinski definition) is 7. The standard InChI is InChI=1S/C30H40FN5O4.2ClH/c1-5-24-15-35(27(38)17-40-24)14-23-12-32-19(2)13-34(23)16-26(37)36-18-30(3,4)29-25(36)10-21(11-33-29)28(39)20-6-8-22(31)9-7-20;;/h6-11,19,23-24,28,32,39H,5,12-18H2,1-4H3;2*1H. The lowest BCUT2D eigenvalue weighted by atomic mass is 9.90. The van der Waals surface area contributed by atoms with Crippen LogP contribution in [0, 0.1) is 5.82 Å². The number of halogens is 3. The van der Waals surface area contributed by atoms with Crippen LogP contribution in [0.3, 0.4) is 0 Å².